The molecule has 7 nitrogen and oxygen atoms in total. The van der Waals surface area contributed by atoms with Gasteiger partial charge in [0.2, 0.25) is 0 Å². The molecular formula is C28H25N3O4S2. The number of nitrogens with one attached hydrogen (secondary N) is 1. The quantitative estimate of drug-likeness (QED) is 0.400. The van der Waals surface area contributed by atoms with E-state index in [1.54, 1.807) is 97.1 Å². The molecule has 9 heteroatoms. The molecule has 0 saturated carbocycles. The SMILES string of the molecule is Cc1ccc(S(=O)(=O)N2c3ccccc3C3NC2c2ccccc2N3S(=O)(=O)c2ccc(C)cc2)cc1. The lowest BCUT2D eigenvalue weighted by Crippen LogP contribution is -2.57. The van der Waals surface area contributed by atoms with Crippen molar-refractivity contribution in [3.05, 3.63) is 119 Å². The topological polar surface area (TPSA) is 86.8 Å². The van der Waals surface area contributed by atoms with Crippen LogP contribution in [0.5, 0.6) is 0 Å². The van der Waals surface area contributed by atoms with E-state index in [1.807, 2.05) is 13.8 Å². The smallest absolute Gasteiger partial charge is 0.265 e. The van der Waals surface area contributed by atoms with Gasteiger partial charge in [-0.1, -0.05) is 71.8 Å². The molecule has 37 heavy (non-hydrogen) atoms. The van der Waals surface area contributed by atoms with Crippen LogP contribution in [0.25, 0.3) is 0 Å². The van der Waals surface area contributed by atoms with Crippen molar-refractivity contribution in [2.24, 2.45) is 0 Å². The Balaban J connectivity index is 1.58. The molecule has 0 radical (unpaired) electrons. The van der Waals surface area contributed by atoms with Crippen LogP contribution in [0.3, 0.4) is 0 Å². The molecule has 2 bridgehead atoms. The second kappa shape index (κ2) is 8.44. The molecule has 4 aromatic rings. The average Bonchev–Trinajstić information content (AvgIpc) is 2.89. The summed E-state index contributed by atoms with van der Waals surface area (Å²) in [6.45, 7) is 3.80. The van der Waals surface area contributed by atoms with E-state index >= 15 is 0 Å². The van der Waals surface area contributed by atoms with Gasteiger partial charge in [-0.3, -0.25) is 5.32 Å². The summed E-state index contributed by atoms with van der Waals surface area (Å²) >= 11 is 0. The fourth-order valence-corrected chi connectivity index (χ4v) is 8.19. The van der Waals surface area contributed by atoms with E-state index in [9.17, 15) is 16.8 Å². The predicted molar refractivity (Wildman–Crippen MR) is 143 cm³/mol. The summed E-state index contributed by atoms with van der Waals surface area (Å²) in [5.41, 5.74) is 3.90. The van der Waals surface area contributed by atoms with Crippen LogP contribution in [0.1, 0.15) is 34.6 Å². The second-order valence-corrected chi connectivity index (χ2v) is 12.9. The molecule has 2 atom stereocenters. The maximum atomic E-state index is 14.1. The van der Waals surface area contributed by atoms with E-state index in [0.717, 1.165) is 11.1 Å². The number of hydrogen-bond donors (Lipinski definition) is 1. The van der Waals surface area contributed by atoms with E-state index in [0.29, 0.717) is 22.5 Å². The fourth-order valence-electron chi connectivity index (χ4n) is 5.02. The van der Waals surface area contributed by atoms with E-state index < -0.39 is 32.4 Å². The third kappa shape index (κ3) is 3.65. The Kier molecular flexibility index (Phi) is 5.41. The minimum atomic E-state index is -3.99. The van der Waals surface area contributed by atoms with Crippen LogP contribution in [0.15, 0.2) is 107 Å². The van der Waals surface area contributed by atoms with Gasteiger partial charge in [0.1, 0.15) is 12.3 Å². The molecule has 2 unspecified atom stereocenters. The van der Waals surface area contributed by atoms with Crippen molar-refractivity contribution >= 4 is 31.4 Å². The first-order valence-electron chi connectivity index (χ1n) is 11.9. The van der Waals surface area contributed by atoms with Crippen molar-refractivity contribution in [3.63, 3.8) is 0 Å². The molecule has 0 saturated heterocycles. The van der Waals surface area contributed by atoms with Crippen LogP contribution in [-0.2, 0) is 20.0 Å². The van der Waals surface area contributed by atoms with Crippen LogP contribution in [0, 0.1) is 13.8 Å². The Bertz CT molecular complexity index is 1590. The number of rotatable bonds is 4. The summed E-state index contributed by atoms with van der Waals surface area (Å²) in [4.78, 5) is 0.334. The van der Waals surface area contributed by atoms with Crippen LogP contribution < -0.4 is 13.9 Å². The molecule has 2 aliphatic heterocycles. The summed E-state index contributed by atoms with van der Waals surface area (Å²) in [6, 6.07) is 27.6. The van der Waals surface area contributed by atoms with Gasteiger partial charge in [-0.25, -0.2) is 25.4 Å². The maximum absolute atomic E-state index is 14.1. The van der Waals surface area contributed by atoms with E-state index in [-0.39, 0.29) is 9.79 Å². The zero-order valence-electron chi connectivity index (χ0n) is 20.2. The standard InChI is InChI=1S/C28H25N3O4S2/c1-19-11-15-21(16-12-19)36(32,33)30-25-9-5-3-7-23(25)28-29-27(30)24-8-4-6-10-26(24)31(28)37(34,35)22-17-13-20(2)14-18-22/h3-18,27-29H,1-2H3. The molecule has 0 amide bonds. The molecule has 4 aromatic carbocycles. The summed E-state index contributed by atoms with van der Waals surface area (Å²) in [5, 5.41) is 3.33. The lowest BCUT2D eigenvalue weighted by atomic mass is 9.98. The highest BCUT2D eigenvalue weighted by atomic mass is 32.2. The molecule has 2 heterocycles. The lowest BCUT2D eigenvalue weighted by molar-refractivity contribution is 0.414. The molecule has 6 rings (SSSR count). The molecule has 188 valence electrons. The molecular weight excluding hydrogens is 506 g/mol. The molecule has 2 aliphatic rings. The largest absolute Gasteiger partial charge is 0.268 e. The fraction of sp³-hybridized carbons (Fsp3) is 0.143. The van der Waals surface area contributed by atoms with Crippen molar-refractivity contribution in [1.82, 2.24) is 5.32 Å². The summed E-state index contributed by atoms with van der Waals surface area (Å²) < 4.78 is 59.0. The Hall–Kier alpha value is -3.66. The molecule has 0 aliphatic carbocycles. The third-order valence-electron chi connectivity index (χ3n) is 6.88. The van der Waals surface area contributed by atoms with Crippen molar-refractivity contribution < 1.29 is 16.8 Å². The van der Waals surface area contributed by atoms with Crippen LogP contribution >= 0.6 is 0 Å². The van der Waals surface area contributed by atoms with Gasteiger partial charge in [-0.2, -0.15) is 0 Å². The summed E-state index contributed by atoms with van der Waals surface area (Å²) in [5.74, 6) is 0. The zero-order valence-corrected chi connectivity index (χ0v) is 21.9. The van der Waals surface area contributed by atoms with Crippen molar-refractivity contribution in [2.75, 3.05) is 8.61 Å². The number of para-hydroxylation sites is 2. The number of anilines is 2. The van der Waals surface area contributed by atoms with Crippen LogP contribution in [-0.4, -0.2) is 16.8 Å². The highest BCUT2D eigenvalue weighted by Gasteiger charge is 2.49. The van der Waals surface area contributed by atoms with Gasteiger partial charge in [-0.15, -0.1) is 0 Å². The lowest BCUT2D eigenvalue weighted by Gasteiger charge is -2.50. The van der Waals surface area contributed by atoms with E-state index in [2.05, 4.69) is 5.32 Å². The van der Waals surface area contributed by atoms with Gasteiger partial charge >= 0.3 is 0 Å². The number of fused-ring (bicyclic) bond motifs is 6. The first-order chi connectivity index (χ1) is 17.7. The van der Waals surface area contributed by atoms with Gasteiger partial charge < -0.3 is 0 Å². The van der Waals surface area contributed by atoms with Gasteiger partial charge in [0.05, 0.1) is 21.2 Å². The highest BCUT2D eigenvalue weighted by Crippen LogP contribution is 2.51. The Labute approximate surface area is 217 Å². The monoisotopic (exact) mass is 531 g/mol. The van der Waals surface area contributed by atoms with E-state index in [1.165, 1.54) is 8.61 Å². The minimum Gasteiger partial charge on any atom is -0.268 e. The second-order valence-electron chi connectivity index (χ2n) is 9.32. The average molecular weight is 532 g/mol. The van der Waals surface area contributed by atoms with Crippen LogP contribution in [0.2, 0.25) is 0 Å². The number of benzene rings is 4. The number of aryl methyl sites for hydroxylation is 2. The first-order valence-corrected chi connectivity index (χ1v) is 14.7. The number of sulfonamides is 2. The summed E-state index contributed by atoms with van der Waals surface area (Å²) in [6.07, 6.45) is -1.60. The Morgan fingerprint density at radius 1 is 0.541 bits per heavy atom. The summed E-state index contributed by atoms with van der Waals surface area (Å²) in [7, 11) is -7.99. The molecule has 0 fully saturated rings. The van der Waals surface area contributed by atoms with Crippen molar-refractivity contribution in [3.8, 4) is 0 Å². The van der Waals surface area contributed by atoms with Gasteiger partial charge in [0.15, 0.2) is 0 Å². The molecule has 0 spiro atoms. The first kappa shape index (κ1) is 23.7. The molecule has 1 N–H and O–H groups in total. The van der Waals surface area contributed by atoms with Gasteiger partial charge in [-0.05, 0) is 50.2 Å². The van der Waals surface area contributed by atoms with Gasteiger partial charge in [0.25, 0.3) is 20.0 Å². The Morgan fingerprint density at radius 2 is 0.892 bits per heavy atom. The third-order valence-corrected chi connectivity index (χ3v) is 10.5. The van der Waals surface area contributed by atoms with Crippen molar-refractivity contribution in [1.29, 1.82) is 0 Å². The van der Waals surface area contributed by atoms with Crippen molar-refractivity contribution in [2.45, 2.75) is 36.0 Å². The van der Waals surface area contributed by atoms with Crippen LogP contribution in [0.4, 0.5) is 11.4 Å². The normalized spacial score (nSPS) is 18.8. The van der Waals surface area contributed by atoms with E-state index in [4.69, 9.17) is 0 Å². The zero-order chi connectivity index (χ0) is 25.9. The van der Waals surface area contributed by atoms with Gasteiger partial charge in [0, 0.05) is 11.1 Å². The highest BCUT2D eigenvalue weighted by molar-refractivity contribution is 7.93. The number of hydrogen-bond acceptors (Lipinski definition) is 5. The predicted octanol–water partition coefficient (Wildman–Crippen LogP) is 5.01. The minimum absolute atomic E-state index is 0.167. The Morgan fingerprint density at radius 3 is 1.27 bits per heavy atom. The maximum Gasteiger partial charge on any atom is 0.265 e. The molecule has 0 aromatic heterocycles. The number of nitrogens with zero attached hydrogens (tertiary/aromatic N) is 2.